The third-order valence-corrected chi connectivity index (χ3v) is 10.5. The molecule has 1 aliphatic heterocycles. The fourth-order valence-electron chi connectivity index (χ4n) is 7.51. The van der Waals surface area contributed by atoms with E-state index in [0.29, 0.717) is 18.3 Å². The van der Waals surface area contributed by atoms with Gasteiger partial charge in [-0.3, -0.25) is 4.79 Å². The number of hydrogen-bond acceptors (Lipinski definition) is 8. The Morgan fingerprint density at radius 1 is 0.667 bits per heavy atom. The van der Waals surface area contributed by atoms with Gasteiger partial charge >= 0.3 is 11.9 Å². The number of rotatable bonds is 31. The zero-order valence-corrected chi connectivity index (χ0v) is 31.5. The molecule has 0 saturated heterocycles. The van der Waals surface area contributed by atoms with Crippen molar-refractivity contribution < 1.29 is 39.5 Å². The maximum absolute atomic E-state index is 14.2. The second kappa shape index (κ2) is 26.1. The Morgan fingerprint density at radius 3 is 1.54 bits per heavy atom. The Kier molecular flexibility index (Phi) is 24.0. The molecule has 4 N–H and O–H groups in total. The molecule has 0 amide bonds. The predicted octanol–water partition coefficient (Wildman–Crippen LogP) is 10.4. The van der Waals surface area contributed by atoms with E-state index in [1.54, 1.807) is 0 Å². The second-order valence-electron chi connectivity index (χ2n) is 14.6. The highest BCUT2D eigenvalue weighted by Gasteiger charge is 2.53. The largest absolute Gasteiger partial charge is 0.505 e. The molecule has 0 aromatic carbocycles. The van der Waals surface area contributed by atoms with Crippen molar-refractivity contribution in [1.29, 1.82) is 0 Å². The van der Waals surface area contributed by atoms with E-state index in [-0.39, 0.29) is 5.92 Å². The summed E-state index contributed by atoms with van der Waals surface area (Å²) in [6.45, 7) is 10.0. The number of aliphatic hydroxyl groups is 4. The number of aliphatic hydroxyl groups excluding tert-OH is 3. The average molecular weight is 683 g/mol. The first kappa shape index (κ1) is 44.2. The van der Waals surface area contributed by atoms with Gasteiger partial charge in [-0.05, 0) is 37.0 Å². The minimum Gasteiger partial charge on any atom is -0.505 e. The molecule has 4 unspecified atom stereocenters. The molecule has 1 heterocycles. The lowest BCUT2D eigenvalue weighted by molar-refractivity contribution is -0.263. The third-order valence-electron chi connectivity index (χ3n) is 10.5. The lowest BCUT2D eigenvalue weighted by Crippen LogP contribution is -2.52. The first-order chi connectivity index (χ1) is 23.1. The number of unbranched alkanes of at least 4 members (excludes halogenated alkanes) is 13. The topological polar surface area (TPSA) is 134 Å². The van der Waals surface area contributed by atoms with Crippen molar-refractivity contribution in [2.24, 2.45) is 23.7 Å². The van der Waals surface area contributed by atoms with Crippen LogP contribution in [-0.4, -0.2) is 50.9 Å². The molecule has 0 aliphatic carbocycles. The molecule has 0 aromatic heterocycles. The van der Waals surface area contributed by atoms with Gasteiger partial charge in [0.1, 0.15) is 6.61 Å². The van der Waals surface area contributed by atoms with Gasteiger partial charge in [0.25, 0.3) is 5.79 Å². The molecule has 1 aliphatic rings. The van der Waals surface area contributed by atoms with Crippen LogP contribution in [0.1, 0.15) is 189 Å². The van der Waals surface area contributed by atoms with Crippen molar-refractivity contribution in [2.75, 3.05) is 6.61 Å². The molecule has 0 aromatic rings. The van der Waals surface area contributed by atoms with E-state index in [0.717, 1.165) is 70.6 Å². The van der Waals surface area contributed by atoms with Crippen molar-refractivity contribution >= 4 is 11.9 Å². The molecule has 8 heteroatoms. The summed E-state index contributed by atoms with van der Waals surface area (Å²) in [6, 6.07) is 0. The van der Waals surface area contributed by atoms with Gasteiger partial charge in [0.05, 0.1) is 5.92 Å². The van der Waals surface area contributed by atoms with Gasteiger partial charge in [-0.1, -0.05) is 169 Å². The molecule has 0 radical (unpaired) electrons. The van der Waals surface area contributed by atoms with E-state index >= 15 is 0 Å². The highest BCUT2D eigenvalue weighted by molar-refractivity contribution is 5.89. The Bertz CT molecular complexity index is 888. The number of ether oxygens (including phenoxy) is 2. The van der Waals surface area contributed by atoms with Crippen LogP contribution in [0.3, 0.4) is 0 Å². The summed E-state index contributed by atoms with van der Waals surface area (Å²) in [5, 5.41) is 41.6. The lowest BCUT2D eigenvalue weighted by atomic mass is 9.71. The average Bonchev–Trinajstić information content (AvgIpc) is 3.34. The number of carbonyl (C=O) groups excluding carboxylic acids is 2. The highest BCUT2D eigenvalue weighted by Crippen LogP contribution is 2.40. The van der Waals surface area contributed by atoms with Crippen LogP contribution >= 0.6 is 0 Å². The van der Waals surface area contributed by atoms with Crippen LogP contribution in [0, 0.1) is 23.7 Å². The smallest absolute Gasteiger partial charge is 0.378 e. The van der Waals surface area contributed by atoms with Crippen LogP contribution in [0.4, 0.5) is 0 Å². The first-order valence-corrected chi connectivity index (χ1v) is 20.0. The highest BCUT2D eigenvalue weighted by atomic mass is 16.7. The fraction of sp³-hybridized carbons (Fsp3) is 0.900. The summed E-state index contributed by atoms with van der Waals surface area (Å²) in [5.74, 6) is -5.97. The molecule has 6 atom stereocenters. The quantitative estimate of drug-likeness (QED) is 0.0322. The number of esters is 2. The Balaban J connectivity index is 3.48. The molecule has 0 spiro atoms. The van der Waals surface area contributed by atoms with Crippen molar-refractivity contribution in [2.45, 2.75) is 201 Å². The minimum atomic E-state index is -2.71. The fourth-order valence-corrected chi connectivity index (χ4v) is 7.51. The summed E-state index contributed by atoms with van der Waals surface area (Å²) in [5.41, 5.74) is 0. The van der Waals surface area contributed by atoms with E-state index in [2.05, 4.69) is 34.6 Å². The standard InChI is InChI=1S/C40H74O8/c1-6-11-16-20-25-31(24-15-10-5)32(26-21-17-12-7-2)29-33(27-22-18-13-8-3)34(28-23-19-14-9-4)38(44)48-40(46,30-41)37-35(42)36(43)39(45)47-37/h31-34,37,41-43,46H,6-30H2,1-5H3/t31?,32?,33?,34?,37-,40+/m0/s1. The summed E-state index contributed by atoms with van der Waals surface area (Å²) in [6.07, 6.45) is 24.7. The van der Waals surface area contributed by atoms with Crippen molar-refractivity contribution in [3.63, 3.8) is 0 Å². The lowest BCUT2D eigenvalue weighted by Gasteiger charge is -2.36. The van der Waals surface area contributed by atoms with Crippen LogP contribution in [0.25, 0.3) is 0 Å². The molecule has 8 nitrogen and oxygen atoms in total. The van der Waals surface area contributed by atoms with E-state index < -0.39 is 47.9 Å². The maximum Gasteiger partial charge on any atom is 0.378 e. The minimum absolute atomic E-state index is 0.0403. The van der Waals surface area contributed by atoms with Crippen LogP contribution in [0.2, 0.25) is 0 Å². The first-order valence-electron chi connectivity index (χ1n) is 20.0. The maximum atomic E-state index is 14.2. The Labute approximate surface area is 293 Å². The van der Waals surface area contributed by atoms with Gasteiger partial charge in [-0.25, -0.2) is 4.79 Å². The molecule has 282 valence electrons. The summed E-state index contributed by atoms with van der Waals surface area (Å²) in [4.78, 5) is 26.1. The predicted molar refractivity (Wildman–Crippen MR) is 193 cm³/mol. The number of carbonyl (C=O) groups is 2. The van der Waals surface area contributed by atoms with Crippen LogP contribution < -0.4 is 0 Å². The number of hydrogen-bond donors (Lipinski definition) is 4. The Hall–Kier alpha value is -1.80. The molecule has 1 rings (SSSR count). The zero-order valence-electron chi connectivity index (χ0n) is 31.5. The monoisotopic (exact) mass is 683 g/mol. The molecule has 48 heavy (non-hydrogen) atoms. The summed E-state index contributed by atoms with van der Waals surface area (Å²) < 4.78 is 10.6. The van der Waals surface area contributed by atoms with Crippen LogP contribution in [0.15, 0.2) is 11.5 Å². The van der Waals surface area contributed by atoms with E-state index in [4.69, 9.17) is 9.47 Å². The van der Waals surface area contributed by atoms with Crippen molar-refractivity contribution in [3.05, 3.63) is 11.5 Å². The molecule has 0 saturated carbocycles. The molecular formula is C40H74O8. The molecule has 0 fully saturated rings. The third kappa shape index (κ3) is 15.8. The van der Waals surface area contributed by atoms with Gasteiger partial charge in [0.15, 0.2) is 5.76 Å². The molecule has 0 bridgehead atoms. The summed E-state index contributed by atoms with van der Waals surface area (Å²) in [7, 11) is 0. The van der Waals surface area contributed by atoms with Gasteiger partial charge in [-0.15, -0.1) is 0 Å². The molecular weight excluding hydrogens is 608 g/mol. The number of cyclic esters (lactones) is 1. The Morgan fingerprint density at radius 2 is 1.10 bits per heavy atom. The van der Waals surface area contributed by atoms with Gasteiger partial charge in [0.2, 0.25) is 11.9 Å². The van der Waals surface area contributed by atoms with E-state index in [9.17, 15) is 30.0 Å². The van der Waals surface area contributed by atoms with Crippen LogP contribution in [-0.2, 0) is 19.1 Å². The van der Waals surface area contributed by atoms with Gasteiger partial charge in [0, 0.05) is 0 Å². The SMILES string of the molecule is CCCCCCC(CCCC)C(CCCCCC)CC(CCCCCC)C(CCCCCC)C(=O)O[C@](O)(CO)[C@H]1OC(=O)C(O)=C1O. The van der Waals surface area contributed by atoms with E-state index in [1.165, 1.54) is 77.0 Å². The van der Waals surface area contributed by atoms with Gasteiger partial charge in [-0.2, -0.15) is 0 Å². The zero-order chi connectivity index (χ0) is 35.8. The van der Waals surface area contributed by atoms with Gasteiger partial charge < -0.3 is 29.9 Å². The van der Waals surface area contributed by atoms with Crippen molar-refractivity contribution in [3.8, 4) is 0 Å². The van der Waals surface area contributed by atoms with Crippen LogP contribution in [0.5, 0.6) is 0 Å². The normalized spacial score (nSPS) is 18.7. The van der Waals surface area contributed by atoms with E-state index in [1.807, 2.05) is 0 Å². The second-order valence-corrected chi connectivity index (χ2v) is 14.6. The van der Waals surface area contributed by atoms with Crippen molar-refractivity contribution in [1.82, 2.24) is 0 Å². The summed E-state index contributed by atoms with van der Waals surface area (Å²) >= 11 is 0.